The highest BCUT2D eigenvalue weighted by molar-refractivity contribution is 6.07. The summed E-state index contributed by atoms with van der Waals surface area (Å²) in [7, 11) is 4.45. The van der Waals surface area contributed by atoms with E-state index in [0.717, 1.165) is 0 Å². The lowest BCUT2D eigenvalue weighted by Crippen LogP contribution is -2.42. The van der Waals surface area contributed by atoms with Gasteiger partial charge in [0.15, 0.2) is 11.5 Å². The Labute approximate surface area is 182 Å². The Morgan fingerprint density at radius 1 is 1.10 bits per heavy atom. The topological polar surface area (TPSA) is 86.3 Å². The van der Waals surface area contributed by atoms with Crippen LogP contribution in [-0.2, 0) is 4.79 Å². The summed E-state index contributed by atoms with van der Waals surface area (Å²) >= 11 is 0. The highest BCUT2D eigenvalue weighted by atomic mass is 16.5. The van der Waals surface area contributed by atoms with Gasteiger partial charge in [-0.25, -0.2) is 0 Å². The largest absolute Gasteiger partial charge is 0.493 e. The molecule has 0 unspecified atom stereocenters. The van der Waals surface area contributed by atoms with Crippen LogP contribution in [0.15, 0.2) is 30.3 Å². The Kier molecular flexibility index (Phi) is 6.29. The Morgan fingerprint density at radius 3 is 2.42 bits per heavy atom. The van der Waals surface area contributed by atoms with Gasteiger partial charge in [-0.05, 0) is 45.0 Å². The van der Waals surface area contributed by atoms with Gasteiger partial charge in [-0.3, -0.25) is 9.59 Å². The predicted octanol–water partition coefficient (Wildman–Crippen LogP) is 3.74. The van der Waals surface area contributed by atoms with Gasteiger partial charge in [-0.1, -0.05) is 0 Å². The van der Waals surface area contributed by atoms with E-state index >= 15 is 0 Å². The normalized spacial score (nSPS) is 14.8. The van der Waals surface area contributed by atoms with Gasteiger partial charge in [0.05, 0.1) is 38.0 Å². The van der Waals surface area contributed by atoms with Crippen LogP contribution in [0.25, 0.3) is 0 Å². The summed E-state index contributed by atoms with van der Waals surface area (Å²) in [5, 5.41) is 2.86. The monoisotopic (exact) mass is 428 g/mol. The van der Waals surface area contributed by atoms with Crippen LogP contribution >= 0.6 is 0 Å². The summed E-state index contributed by atoms with van der Waals surface area (Å²) in [5.74, 6) is 1.23. The SMILES string of the molecule is CCN1C(=O)C(C)(C)COc2cc(NC(=O)c3ccc(OC)c(OC)c3OC)ccc21. The first-order valence-electron chi connectivity index (χ1n) is 9.96. The molecule has 1 aliphatic rings. The van der Waals surface area contributed by atoms with Gasteiger partial charge < -0.3 is 29.2 Å². The molecule has 0 spiro atoms. The van der Waals surface area contributed by atoms with Gasteiger partial charge in [0, 0.05) is 18.3 Å². The molecule has 0 bridgehead atoms. The molecule has 2 aromatic carbocycles. The second kappa shape index (κ2) is 8.75. The average Bonchev–Trinajstić information content (AvgIpc) is 2.86. The van der Waals surface area contributed by atoms with E-state index in [0.29, 0.717) is 40.7 Å². The maximum Gasteiger partial charge on any atom is 0.259 e. The van der Waals surface area contributed by atoms with E-state index in [1.54, 1.807) is 35.2 Å². The second-order valence-electron chi connectivity index (χ2n) is 7.74. The molecule has 8 nitrogen and oxygen atoms in total. The molecular formula is C23H28N2O6. The van der Waals surface area contributed by atoms with E-state index in [-0.39, 0.29) is 24.2 Å². The number of carbonyl (C=O) groups excluding carboxylic acids is 2. The zero-order chi connectivity index (χ0) is 22.8. The highest BCUT2D eigenvalue weighted by Gasteiger charge is 2.37. The number of benzene rings is 2. The molecule has 0 saturated heterocycles. The molecule has 166 valence electrons. The summed E-state index contributed by atoms with van der Waals surface area (Å²) in [6.45, 7) is 6.40. The van der Waals surface area contributed by atoms with E-state index in [1.807, 2.05) is 20.8 Å². The fourth-order valence-electron chi connectivity index (χ4n) is 3.52. The number of anilines is 2. The van der Waals surface area contributed by atoms with Crippen molar-refractivity contribution >= 4 is 23.2 Å². The van der Waals surface area contributed by atoms with Crippen LogP contribution in [0.2, 0.25) is 0 Å². The third-order valence-corrected chi connectivity index (χ3v) is 5.19. The summed E-state index contributed by atoms with van der Waals surface area (Å²) in [4.78, 5) is 27.5. The lowest BCUT2D eigenvalue weighted by atomic mass is 9.93. The van der Waals surface area contributed by atoms with Crippen molar-refractivity contribution in [1.82, 2.24) is 0 Å². The van der Waals surface area contributed by atoms with Crippen LogP contribution in [0.4, 0.5) is 11.4 Å². The maximum absolute atomic E-state index is 13.0. The number of methoxy groups -OCH3 is 3. The summed E-state index contributed by atoms with van der Waals surface area (Å²) in [5.41, 5.74) is 0.858. The molecule has 8 heteroatoms. The molecule has 0 saturated carbocycles. The molecule has 1 aliphatic heterocycles. The summed E-state index contributed by atoms with van der Waals surface area (Å²) in [6.07, 6.45) is 0. The molecule has 31 heavy (non-hydrogen) atoms. The van der Waals surface area contributed by atoms with Gasteiger partial charge in [0.2, 0.25) is 11.7 Å². The quantitative estimate of drug-likeness (QED) is 0.754. The highest BCUT2D eigenvalue weighted by Crippen LogP contribution is 2.41. The molecule has 0 atom stereocenters. The van der Waals surface area contributed by atoms with E-state index in [4.69, 9.17) is 18.9 Å². The number of ether oxygens (including phenoxy) is 4. The minimum Gasteiger partial charge on any atom is -0.493 e. The molecule has 2 amide bonds. The van der Waals surface area contributed by atoms with Crippen LogP contribution in [0.5, 0.6) is 23.0 Å². The number of carbonyl (C=O) groups is 2. The molecule has 2 aromatic rings. The Bertz CT molecular complexity index is 1000. The minimum atomic E-state index is -0.647. The van der Waals surface area contributed by atoms with Gasteiger partial charge in [0.1, 0.15) is 12.4 Å². The Hall–Kier alpha value is -3.42. The third-order valence-electron chi connectivity index (χ3n) is 5.19. The van der Waals surface area contributed by atoms with Gasteiger partial charge in [0.25, 0.3) is 5.91 Å². The number of nitrogens with zero attached hydrogens (tertiary/aromatic N) is 1. The van der Waals surface area contributed by atoms with Crippen molar-refractivity contribution in [2.24, 2.45) is 5.41 Å². The van der Waals surface area contributed by atoms with Gasteiger partial charge >= 0.3 is 0 Å². The van der Waals surface area contributed by atoms with Gasteiger partial charge in [-0.15, -0.1) is 0 Å². The van der Waals surface area contributed by atoms with E-state index < -0.39 is 5.41 Å². The minimum absolute atomic E-state index is 0.000555. The number of hydrogen-bond acceptors (Lipinski definition) is 6. The molecule has 0 fully saturated rings. The zero-order valence-electron chi connectivity index (χ0n) is 18.7. The van der Waals surface area contributed by atoms with E-state index in [1.165, 1.54) is 21.3 Å². The smallest absolute Gasteiger partial charge is 0.259 e. The number of hydrogen-bond donors (Lipinski definition) is 1. The molecule has 0 aliphatic carbocycles. The van der Waals surface area contributed by atoms with Gasteiger partial charge in [-0.2, -0.15) is 0 Å². The number of fused-ring (bicyclic) bond motifs is 1. The summed E-state index contributed by atoms with van der Waals surface area (Å²) < 4.78 is 22.0. The third kappa shape index (κ3) is 4.10. The fourth-order valence-corrected chi connectivity index (χ4v) is 3.52. The van der Waals surface area contributed by atoms with Crippen molar-refractivity contribution in [3.05, 3.63) is 35.9 Å². The molecule has 1 heterocycles. The van der Waals surface area contributed by atoms with E-state index in [2.05, 4.69) is 5.32 Å². The Morgan fingerprint density at radius 2 is 1.81 bits per heavy atom. The Balaban J connectivity index is 1.93. The first-order valence-corrected chi connectivity index (χ1v) is 9.96. The van der Waals surface area contributed by atoms with E-state index in [9.17, 15) is 9.59 Å². The van der Waals surface area contributed by atoms with Crippen molar-refractivity contribution in [3.63, 3.8) is 0 Å². The van der Waals surface area contributed by atoms with Crippen molar-refractivity contribution < 1.29 is 28.5 Å². The molecule has 0 radical (unpaired) electrons. The standard InChI is InChI=1S/C23H28N2O6/c1-7-25-16-10-8-14(12-18(16)31-13-23(2,3)22(25)27)24-21(26)15-9-11-17(28-4)20(30-6)19(15)29-5/h8-12H,7,13H2,1-6H3,(H,24,26). The molecule has 3 rings (SSSR count). The fraction of sp³-hybridized carbons (Fsp3) is 0.391. The average molecular weight is 428 g/mol. The molecule has 1 N–H and O–H groups in total. The van der Waals surface area contributed by atoms with Crippen LogP contribution in [0.3, 0.4) is 0 Å². The van der Waals surface area contributed by atoms with Crippen molar-refractivity contribution in [1.29, 1.82) is 0 Å². The van der Waals surface area contributed by atoms with Crippen molar-refractivity contribution in [2.45, 2.75) is 20.8 Å². The lowest BCUT2D eigenvalue weighted by Gasteiger charge is -2.26. The summed E-state index contributed by atoms with van der Waals surface area (Å²) in [6, 6.07) is 8.48. The maximum atomic E-state index is 13.0. The van der Waals surface area contributed by atoms with Crippen molar-refractivity contribution in [3.8, 4) is 23.0 Å². The number of amides is 2. The van der Waals surface area contributed by atoms with Crippen LogP contribution < -0.4 is 29.2 Å². The van der Waals surface area contributed by atoms with Crippen molar-refractivity contribution in [2.75, 3.05) is 44.7 Å². The van der Waals surface area contributed by atoms with Crippen LogP contribution in [-0.4, -0.2) is 46.3 Å². The zero-order valence-corrected chi connectivity index (χ0v) is 18.7. The lowest BCUT2D eigenvalue weighted by molar-refractivity contribution is -0.127. The van der Waals surface area contributed by atoms with Crippen LogP contribution in [0.1, 0.15) is 31.1 Å². The predicted molar refractivity (Wildman–Crippen MR) is 118 cm³/mol. The molecule has 0 aromatic heterocycles. The number of rotatable bonds is 6. The van der Waals surface area contributed by atoms with Crippen LogP contribution in [0, 0.1) is 5.41 Å². The number of nitrogens with one attached hydrogen (secondary N) is 1. The first-order chi connectivity index (χ1) is 14.8. The second-order valence-corrected chi connectivity index (χ2v) is 7.74. The first kappa shape index (κ1) is 22.3. The molecular weight excluding hydrogens is 400 g/mol.